The van der Waals surface area contributed by atoms with E-state index in [1.807, 2.05) is 6.07 Å². The van der Waals surface area contributed by atoms with Gasteiger partial charge in [-0.15, -0.1) is 11.3 Å². The van der Waals surface area contributed by atoms with Crippen molar-refractivity contribution in [2.45, 2.75) is 40.0 Å². The number of ether oxygens (including phenoxy) is 3. The van der Waals surface area contributed by atoms with E-state index in [0.29, 0.717) is 41.0 Å². The van der Waals surface area contributed by atoms with E-state index in [0.717, 1.165) is 29.7 Å². The molecule has 6 nitrogen and oxygen atoms in total. The molecule has 1 N–H and O–H groups in total. The van der Waals surface area contributed by atoms with Gasteiger partial charge in [0.2, 0.25) is 0 Å². The van der Waals surface area contributed by atoms with Crippen LogP contribution in [-0.4, -0.2) is 39.3 Å². The molecule has 1 unspecified atom stereocenters. The molecule has 31 heavy (non-hydrogen) atoms. The molecule has 0 saturated carbocycles. The number of benzene rings is 1. The first-order valence-corrected chi connectivity index (χ1v) is 11.3. The summed E-state index contributed by atoms with van der Waals surface area (Å²) in [5, 5.41) is 3.50. The van der Waals surface area contributed by atoms with Crippen LogP contribution in [0.2, 0.25) is 0 Å². The number of methoxy groups -OCH3 is 2. The van der Waals surface area contributed by atoms with E-state index >= 15 is 0 Å². The maximum Gasteiger partial charge on any atom is 0.341 e. The highest BCUT2D eigenvalue weighted by molar-refractivity contribution is 7.17. The molecule has 1 amide bonds. The van der Waals surface area contributed by atoms with Crippen molar-refractivity contribution in [1.82, 2.24) is 0 Å². The number of esters is 1. The minimum atomic E-state index is -0.411. The second-order valence-corrected chi connectivity index (χ2v) is 9.90. The summed E-state index contributed by atoms with van der Waals surface area (Å²) < 4.78 is 15.8. The Morgan fingerprint density at radius 2 is 1.90 bits per heavy atom. The Labute approximate surface area is 187 Å². The van der Waals surface area contributed by atoms with Crippen LogP contribution in [0.4, 0.5) is 5.00 Å². The number of fused-ring (bicyclic) bond motifs is 1. The highest BCUT2D eigenvalue weighted by Gasteiger charge is 2.34. The van der Waals surface area contributed by atoms with Crippen LogP contribution in [0.3, 0.4) is 0 Å². The Morgan fingerprint density at radius 1 is 1.16 bits per heavy atom. The van der Waals surface area contributed by atoms with Crippen molar-refractivity contribution in [3.63, 3.8) is 0 Å². The van der Waals surface area contributed by atoms with E-state index in [9.17, 15) is 9.59 Å². The van der Waals surface area contributed by atoms with Crippen molar-refractivity contribution >= 4 is 28.2 Å². The Bertz CT molecular complexity index is 944. The number of thiophene rings is 1. The maximum absolute atomic E-state index is 13.1. The fourth-order valence-corrected chi connectivity index (χ4v) is 5.23. The molecular weight excluding hydrogens is 414 g/mol. The van der Waals surface area contributed by atoms with E-state index in [1.54, 1.807) is 25.3 Å². The van der Waals surface area contributed by atoms with Gasteiger partial charge in [0, 0.05) is 12.0 Å². The first-order chi connectivity index (χ1) is 14.8. The molecule has 1 atom stereocenters. The third kappa shape index (κ3) is 5.28. The second-order valence-electron chi connectivity index (χ2n) is 8.80. The van der Waals surface area contributed by atoms with Crippen LogP contribution in [0.1, 0.15) is 58.3 Å². The largest absolute Gasteiger partial charge is 0.490 e. The van der Waals surface area contributed by atoms with E-state index in [-0.39, 0.29) is 11.3 Å². The van der Waals surface area contributed by atoms with Gasteiger partial charge in [-0.3, -0.25) is 4.79 Å². The van der Waals surface area contributed by atoms with Gasteiger partial charge in [-0.25, -0.2) is 4.79 Å². The summed E-state index contributed by atoms with van der Waals surface area (Å²) in [7, 11) is 2.97. The van der Waals surface area contributed by atoms with Crippen molar-refractivity contribution in [2.24, 2.45) is 11.3 Å². The van der Waals surface area contributed by atoms with E-state index in [4.69, 9.17) is 14.2 Å². The smallest absolute Gasteiger partial charge is 0.341 e. The zero-order valence-electron chi connectivity index (χ0n) is 18.9. The lowest BCUT2D eigenvalue weighted by molar-refractivity contribution is 0.0600. The summed E-state index contributed by atoms with van der Waals surface area (Å²) in [6.07, 6.45) is 2.73. The Hall–Kier alpha value is -2.38. The van der Waals surface area contributed by atoms with E-state index in [2.05, 4.69) is 26.1 Å². The summed E-state index contributed by atoms with van der Waals surface area (Å²) in [5.74, 6) is 0.282. The zero-order chi connectivity index (χ0) is 22.6. The number of anilines is 1. The lowest BCUT2D eigenvalue weighted by Crippen LogP contribution is -2.26. The molecule has 0 fully saturated rings. The van der Waals surface area contributed by atoms with Gasteiger partial charge in [0.1, 0.15) is 17.4 Å². The summed E-state index contributed by atoms with van der Waals surface area (Å²) in [5.41, 5.74) is 2.10. The van der Waals surface area contributed by atoms with Crippen molar-refractivity contribution < 1.29 is 23.8 Å². The number of para-hydroxylation sites is 1. The fourth-order valence-electron chi connectivity index (χ4n) is 3.92. The van der Waals surface area contributed by atoms with Gasteiger partial charge in [-0.1, -0.05) is 32.9 Å². The van der Waals surface area contributed by atoms with Crippen molar-refractivity contribution in [1.29, 1.82) is 0 Å². The molecule has 1 aromatic heterocycles. The molecule has 0 saturated heterocycles. The Morgan fingerprint density at radius 3 is 2.58 bits per heavy atom. The number of carbonyl (C=O) groups is 2. The number of hydrogen-bond donors (Lipinski definition) is 1. The predicted octanol–water partition coefficient (Wildman–Crippen LogP) is 4.96. The van der Waals surface area contributed by atoms with Gasteiger partial charge < -0.3 is 19.5 Å². The quantitative estimate of drug-likeness (QED) is 0.481. The van der Waals surface area contributed by atoms with Gasteiger partial charge in [0.05, 0.1) is 24.8 Å². The molecule has 1 aromatic carbocycles. The lowest BCUT2D eigenvalue weighted by Gasteiger charge is -2.33. The zero-order valence-corrected chi connectivity index (χ0v) is 19.7. The topological polar surface area (TPSA) is 73.9 Å². The van der Waals surface area contributed by atoms with E-state index < -0.39 is 5.97 Å². The van der Waals surface area contributed by atoms with Crippen LogP contribution in [-0.2, 0) is 22.3 Å². The van der Waals surface area contributed by atoms with Crippen LogP contribution in [0.5, 0.6) is 5.75 Å². The van der Waals surface area contributed by atoms with Crippen LogP contribution >= 0.6 is 11.3 Å². The highest BCUT2D eigenvalue weighted by atomic mass is 32.1. The van der Waals surface area contributed by atoms with Crippen molar-refractivity contribution in [3.05, 3.63) is 45.8 Å². The van der Waals surface area contributed by atoms with Gasteiger partial charge in [0.15, 0.2) is 0 Å². The number of rotatable bonds is 7. The predicted molar refractivity (Wildman–Crippen MR) is 122 cm³/mol. The first kappa shape index (κ1) is 23.3. The monoisotopic (exact) mass is 445 g/mol. The second kappa shape index (κ2) is 9.83. The van der Waals surface area contributed by atoms with E-state index in [1.165, 1.54) is 18.4 Å². The Balaban J connectivity index is 1.89. The standard InChI is InChI=1S/C24H31NO5S/c1-24(2,3)15-10-11-17-19(14-15)31-22(20(17)23(27)29-5)25-21(26)16-8-6-7-9-18(16)30-13-12-28-4/h6-9,15H,10-14H2,1-5H3,(H,25,26). The molecule has 2 aromatic rings. The van der Waals surface area contributed by atoms with Crippen LogP contribution in [0.25, 0.3) is 0 Å². The third-order valence-electron chi connectivity index (χ3n) is 5.78. The average Bonchev–Trinajstić information content (AvgIpc) is 3.10. The van der Waals surface area contributed by atoms with Gasteiger partial charge in [-0.2, -0.15) is 0 Å². The average molecular weight is 446 g/mol. The molecule has 3 rings (SSSR count). The molecular formula is C24H31NO5S. The van der Waals surface area contributed by atoms with Crippen LogP contribution in [0.15, 0.2) is 24.3 Å². The van der Waals surface area contributed by atoms with Gasteiger partial charge in [-0.05, 0) is 48.3 Å². The SMILES string of the molecule is COCCOc1ccccc1C(=O)Nc1sc2c(c1C(=O)OC)CCC(C(C)(C)C)C2. The molecule has 0 aliphatic heterocycles. The normalized spacial score (nSPS) is 15.8. The number of nitrogens with one attached hydrogen (secondary N) is 1. The fraction of sp³-hybridized carbons (Fsp3) is 0.500. The summed E-state index contributed by atoms with van der Waals surface area (Å²) >= 11 is 1.48. The molecule has 168 valence electrons. The van der Waals surface area contributed by atoms with Crippen LogP contribution in [0, 0.1) is 11.3 Å². The molecule has 0 bridgehead atoms. The summed E-state index contributed by atoms with van der Waals surface area (Å²) in [6.45, 7) is 7.52. The number of hydrogen-bond acceptors (Lipinski definition) is 6. The number of amides is 1. The summed E-state index contributed by atoms with van der Waals surface area (Å²) in [6, 6.07) is 7.06. The Kier molecular flexibility index (Phi) is 7.38. The minimum Gasteiger partial charge on any atom is -0.490 e. The third-order valence-corrected chi connectivity index (χ3v) is 6.95. The summed E-state index contributed by atoms with van der Waals surface area (Å²) in [4.78, 5) is 26.9. The van der Waals surface area contributed by atoms with Crippen molar-refractivity contribution in [2.75, 3.05) is 32.8 Å². The molecule has 1 aliphatic rings. The molecule has 1 heterocycles. The minimum absolute atomic E-state index is 0.189. The van der Waals surface area contributed by atoms with Crippen molar-refractivity contribution in [3.8, 4) is 5.75 Å². The lowest BCUT2D eigenvalue weighted by atomic mass is 9.72. The maximum atomic E-state index is 13.1. The molecule has 1 aliphatic carbocycles. The van der Waals surface area contributed by atoms with Gasteiger partial charge in [0.25, 0.3) is 5.91 Å². The molecule has 0 radical (unpaired) electrons. The number of carbonyl (C=O) groups excluding carboxylic acids is 2. The van der Waals surface area contributed by atoms with Crippen LogP contribution < -0.4 is 10.1 Å². The van der Waals surface area contributed by atoms with Gasteiger partial charge >= 0.3 is 5.97 Å². The molecule has 7 heteroatoms. The first-order valence-electron chi connectivity index (χ1n) is 10.5. The molecule has 0 spiro atoms. The highest BCUT2D eigenvalue weighted by Crippen LogP contribution is 2.44.